The first-order chi connectivity index (χ1) is 10.7. The van der Waals surface area contributed by atoms with Gasteiger partial charge in [-0.2, -0.15) is 5.06 Å². The average molecular weight is 300 g/mol. The second kappa shape index (κ2) is 5.57. The molecular weight excluding hydrogens is 284 g/mol. The van der Waals surface area contributed by atoms with Crippen LogP contribution >= 0.6 is 0 Å². The third-order valence-corrected chi connectivity index (χ3v) is 3.63. The predicted octanol–water partition coefficient (Wildman–Crippen LogP) is 2.66. The van der Waals surface area contributed by atoms with Gasteiger partial charge >= 0.3 is 0 Å². The summed E-state index contributed by atoms with van der Waals surface area (Å²) in [6.45, 7) is 0. The lowest BCUT2D eigenvalue weighted by molar-refractivity contribution is -0.0855. The van der Waals surface area contributed by atoms with Crippen molar-refractivity contribution >= 4 is 11.6 Å². The molecule has 1 aliphatic rings. The second-order valence-electron chi connectivity index (χ2n) is 4.82. The van der Waals surface area contributed by atoms with E-state index in [1.807, 2.05) is 6.07 Å². The van der Waals surface area contributed by atoms with E-state index < -0.39 is 12.1 Å². The highest BCUT2D eigenvalue weighted by Crippen LogP contribution is 2.39. The largest absolute Gasteiger partial charge is 0.493 e. The number of carbonyl (C=O) groups excluding carboxylic acids is 1. The number of amides is 1. The molecule has 0 saturated carbocycles. The van der Waals surface area contributed by atoms with E-state index in [4.69, 9.17) is 9.47 Å². The Morgan fingerprint density at radius 3 is 2.59 bits per heavy atom. The van der Waals surface area contributed by atoms with Crippen LogP contribution in [-0.4, -0.2) is 30.4 Å². The van der Waals surface area contributed by atoms with E-state index in [0.717, 1.165) is 0 Å². The summed E-state index contributed by atoms with van der Waals surface area (Å²) in [5, 5.41) is 14.1. The van der Waals surface area contributed by atoms with Crippen molar-refractivity contribution in [2.75, 3.05) is 19.5 Å². The van der Waals surface area contributed by atoms with Gasteiger partial charge in [-0.15, -0.1) is 0 Å². The molecule has 0 aromatic heterocycles. The Kier molecular flexibility index (Phi) is 3.60. The van der Waals surface area contributed by atoms with Gasteiger partial charge in [0.05, 0.1) is 19.8 Å². The van der Waals surface area contributed by atoms with Crippen molar-refractivity contribution in [1.29, 1.82) is 0 Å². The Balaban J connectivity index is 2.09. The molecule has 0 spiro atoms. The van der Waals surface area contributed by atoms with E-state index in [9.17, 15) is 10.0 Å². The van der Waals surface area contributed by atoms with Crippen molar-refractivity contribution in [2.24, 2.45) is 0 Å². The summed E-state index contributed by atoms with van der Waals surface area (Å²) in [6, 6.07) is 12.3. The number of fused-ring (bicyclic) bond motifs is 1. The summed E-state index contributed by atoms with van der Waals surface area (Å²) in [5.74, 6) is 0.527. The lowest BCUT2D eigenvalue weighted by atomic mass is 10.0. The fourth-order valence-corrected chi connectivity index (χ4v) is 2.58. The van der Waals surface area contributed by atoms with E-state index >= 15 is 0 Å². The lowest BCUT2D eigenvalue weighted by Gasteiger charge is -2.34. The molecule has 2 aromatic rings. The van der Waals surface area contributed by atoms with E-state index in [1.165, 1.54) is 14.2 Å². The van der Waals surface area contributed by atoms with Crippen molar-refractivity contribution < 1.29 is 19.5 Å². The molecule has 22 heavy (non-hydrogen) atoms. The van der Waals surface area contributed by atoms with E-state index in [2.05, 4.69) is 5.32 Å². The smallest absolute Gasteiger partial charge is 0.281 e. The van der Waals surface area contributed by atoms with Crippen LogP contribution in [0.3, 0.4) is 0 Å². The van der Waals surface area contributed by atoms with Crippen molar-refractivity contribution in [3.05, 3.63) is 53.6 Å². The van der Waals surface area contributed by atoms with Crippen LogP contribution < -0.4 is 14.8 Å². The zero-order chi connectivity index (χ0) is 15.7. The molecule has 1 aliphatic heterocycles. The molecule has 6 nitrogen and oxygen atoms in total. The number of benzene rings is 2. The molecule has 0 unspecified atom stereocenters. The number of carbonyl (C=O) groups is 1. The van der Waals surface area contributed by atoms with Gasteiger partial charge in [0.1, 0.15) is 0 Å². The van der Waals surface area contributed by atoms with E-state index in [-0.39, 0.29) is 0 Å². The number of anilines is 1. The summed E-state index contributed by atoms with van der Waals surface area (Å²) < 4.78 is 10.6. The molecule has 0 saturated heterocycles. The quantitative estimate of drug-likeness (QED) is 0.853. The zero-order valence-electron chi connectivity index (χ0n) is 12.2. The van der Waals surface area contributed by atoms with Gasteiger partial charge in [-0.1, -0.05) is 24.3 Å². The van der Waals surface area contributed by atoms with Gasteiger partial charge in [0.15, 0.2) is 17.7 Å². The number of hydrogen-bond acceptors (Lipinski definition) is 5. The van der Waals surface area contributed by atoms with Gasteiger partial charge in [-0.05, 0) is 18.2 Å². The highest BCUT2D eigenvalue weighted by Gasteiger charge is 2.34. The first-order valence-corrected chi connectivity index (χ1v) is 6.76. The second-order valence-corrected chi connectivity index (χ2v) is 4.82. The van der Waals surface area contributed by atoms with Crippen molar-refractivity contribution in [2.45, 2.75) is 6.17 Å². The Hall–Kier alpha value is -2.73. The molecule has 1 amide bonds. The van der Waals surface area contributed by atoms with Crippen LogP contribution in [0.2, 0.25) is 0 Å². The average Bonchev–Trinajstić information content (AvgIpc) is 2.57. The van der Waals surface area contributed by atoms with Crippen LogP contribution in [-0.2, 0) is 0 Å². The Morgan fingerprint density at radius 1 is 1.09 bits per heavy atom. The number of nitrogens with zero attached hydrogens (tertiary/aromatic N) is 1. The minimum absolute atomic E-state index is 0.420. The molecule has 6 heteroatoms. The normalized spacial score (nSPS) is 16.8. The van der Waals surface area contributed by atoms with Crippen molar-refractivity contribution in [1.82, 2.24) is 5.06 Å². The highest BCUT2D eigenvalue weighted by atomic mass is 16.5. The predicted molar refractivity (Wildman–Crippen MR) is 80.3 cm³/mol. The van der Waals surface area contributed by atoms with Crippen molar-refractivity contribution in [3.63, 3.8) is 0 Å². The lowest BCUT2D eigenvalue weighted by Crippen LogP contribution is -2.40. The molecule has 0 radical (unpaired) electrons. The minimum Gasteiger partial charge on any atom is -0.493 e. The first kappa shape index (κ1) is 14.2. The van der Waals surface area contributed by atoms with Crippen LogP contribution in [0.25, 0.3) is 0 Å². The summed E-state index contributed by atoms with van der Waals surface area (Å²) in [6.07, 6.45) is -0.757. The first-order valence-electron chi connectivity index (χ1n) is 6.76. The van der Waals surface area contributed by atoms with Crippen LogP contribution in [0.15, 0.2) is 42.5 Å². The number of ether oxygens (including phenoxy) is 2. The summed E-state index contributed by atoms with van der Waals surface area (Å²) in [7, 11) is 3.05. The standard InChI is InChI=1S/C16H16N2O4/c1-21-13-9-5-7-11(14(13)22-2)15-17-12-8-4-3-6-10(12)16(19)18(15)20/h3-9,15,17,20H,1-2H3/t15-/m0/s1. The van der Waals surface area contributed by atoms with Crippen LogP contribution in [0.1, 0.15) is 22.1 Å². The highest BCUT2D eigenvalue weighted by molar-refractivity contribution is 6.01. The SMILES string of the molecule is COc1cccc([C@H]2Nc3ccccc3C(=O)N2O)c1OC. The maximum absolute atomic E-state index is 12.3. The number of methoxy groups -OCH3 is 2. The third kappa shape index (κ3) is 2.14. The molecule has 1 heterocycles. The van der Waals surface area contributed by atoms with Crippen LogP contribution in [0.5, 0.6) is 11.5 Å². The van der Waals surface area contributed by atoms with E-state index in [1.54, 1.807) is 36.4 Å². The molecular formula is C16H16N2O4. The van der Waals surface area contributed by atoms with Gasteiger partial charge in [0.25, 0.3) is 5.91 Å². The summed E-state index contributed by atoms with van der Waals surface area (Å²) >= 11 is 0. The van der Waals surface area contributed by atoms with Gasteiger partial charge in [-0.25, -0.2) is 0 Å². The Morgan fingerprint density at radius 2 is 1.86 bits per heavy atom. The minimum atomic E-state index is -0.757. The maximum atomic E-state index is 12.3. The molecule has 2 N–H and O–H groups in total. The molecule has 114 valence electrons. The molecule has 0 bridgehead atoms. The Bertz CT molecular complexity index is 717. The van der Waals surface area contributed by atoms with Gasteiger partial charge in [0.2, 0.25) is 0 Å². The molecule has 2 aromatic carbocycles. The zero-order valence-corrected chi connectivity index (χ0v) is 12.2. The molecule has 0 fully saturated rings. The fraction of sp³-hybridized carbons (Fsp3) is 0.188. The van der Waals surface area contributed by atoms with Crippen LogP contribution in [0, 0.1) is 0 Å². The third-order valence-electron chi connectivity index (χ3n) is 3.63. The molecule has 0 aliphatic carbocycles. The van der Waals surface area contributed by atoms with Crippen LogP contribution in [0.4, 0.5) is 5.69 Å². The van der Waals surface area contributed by atoms with Gasteiger partial charge in [0, 0.05) is 11.3 Å². The Labute approximate surface area is 127 Å². The molecule has 3 rings (SSSR count). The fourth-order valence-electron chi connectivity index (χ4n) is 2.58. The summed E-state index contributed by atoms with van der Waals surface area (Å²) in [4.78, 5) is 12.3. The van der Waals surface area contributed by atoms with Crippen molar-refractivity contribution in [3.8, 4) is 11.5 Å². The number of rotatable bonds is 3. The number of hydroxylamine groups is 2. The number of para-hydroxylation sites is 2. The van der Waals surface area contributed by atoms with Gasteiger partial charge in [-0.3, -0.25) is 10.0 Å². The van der Waals surface area contributed by atoms with Gasteiger partial charge < -0.3 is 14.8 Å². The monoisotopic (exact) mass is 300 g/mol. The summed E-state index contributed by atoms with van der Waals surface area (Å²) in [5.41, 5.74) is 1.68. The molecule has 1 atom stereocenters. The number of nitrogens with one attached hydrogen (secondary N) is 1. The topological polar surface area (TPSA) is 71.0 Å². The maximum Gasteiger partial charge on any atom is 0.281 e. The number of hydrogen-bond donors (Lipinski definition) is 2. The van der Waals surface area contributed by atoms with E-state index in [0.29, 0.717) is 33.4 Å².